The van der Waals surface area contributed by atoms with Gasteiger partial charge in [0.2, 0.25) is 10.0 Å². The van der Waals surface area contributed by atoms with Crippen LogP contribution in [0.4, 0.5) is 0 Å². The molecule has 22 heavy (non-hydrogen) atoms. The minimum atomic E-state index is -3.79. The normalized spacial score (nSPS) is 18.1. The van der Waals surface area contributed by atoms with Crippen LogP contribution in [0.2, 0.25) is 0 Å². The average Bonchev–Trinajstić information content (AvgIpc) is 3.38. The molecule has 1 aromatic heterocycles. The van der Waals surface area contributed by atoms with E-state index in [0.717, 1.165) is 18.2 Å². The second-order valence-electron chi connectivity index (χ2n) is 5.84. The third-order valence-electron chi connectivity index (χ3n) is 4.49. The van der Waals surface area contributed by atoms with Gasteiger partial charge in [0.15, 0.2) is 0 Å². The molecule has 6 heteroatoms. The molecule has 0 aliphatic heterocycles. The fraction of sp³-hybridized carbons (Fsp3) is 0.375. The van der Waals surface area contributed by atoms with E-state index in [0.29, 0.717) is 5.52 Å². The van der Waals surface area contributed by atoms with Crippen molar-refractivity contribution in [3.63, 3.8) is 0 Å². The number of fused-ring (bicyclic) bond motifs is 1. The molecular formula is C16H17N3O2S. The van der Waals surface area contributed by atoms with E-state index in [1.807, 2.05) is 12.1 Å². The fourth-order valence-corrected chi connectivity index (χ4v) is 4.40. The Morgan fingerprint density at radius 2 is 2.00 bits per heavy atom. The standard InChI is InChI=1S/C16H17N3O2S/c1-16(11-17,13-8-9-13)19(2)22(20,21)14-7-3-5-12-6-4-10-18-15(12)14/h3-7,10,13H,8-9H2,1-2H3. The Bertz CT molecular complexity index is 863. The summed E-state index contributed by atoms with van der Waals surface area (Å²) in [5, 5.41) is 10.3. The van der Waals surface area contributed by atoms with Crippen LogP contribution in [0.3, 0.4) is 0 Å². The molecule has 1 aromatic carbocycles. The third-order valence-corrected chi connectivity index (χ3v) is 6.47. The van der Waals surface area contributed by atoms with Gasteiger partial charge in [-0.3, -0.25) is 4.98 Å². The highest BCUT2D eigenvalue weighted by atomic mass is 32.2. The van der Waals surface area contributed by atoms with Crippen LogP contribution in [0.15, 0.2) is 41.4 Å². The summed E-state index contributed by atoms with van der Waals surface area (Å²) >= 11 is 0. The maximum absolute atomic E-state index is 13.0. The van der Waals surface area contributed by atoms with Gasteiger partial charge in [-0.15, -0.1) is 0 Å². The zero-order valence-corrected chi connectivity index (χ0v) is 13.3. The van der Waals surface area contributed by atoms with E-state index in [9.17, 15) is 13.7 Å². The van der Waals surface area contributed by atoms with Crippen molar-refractivity contribution < 1.29 is 8.42 Å². The molecule has 3 rings (SSSR count). The number of hydrogen-bond donors (Lipinski definition) is 0. The minimum absolute atomic E-state index is 0.0974. The van der Waals surface area contributed by atoms with Gasteiger partial charge in [0, 0.05) is 18.6 Å². The minimum Gasteiger partial charge on any atom is -0.255 e. The lowest BCUT2D eigenvalue weighted by Gasteiger charge is -2.32. The van der Waals surface area contributed by atoms with Gasteiger partial charge >= 0.3 is 0 Å². The second kappa shape index (κ2) is 5.04. The summed E-state index contributed by atoms with van der Waals surface area (Å²) in [6.07, 6.45) is 3.35. The Hall–Kier alpha value is -1.97. The van der Waals surface area contributed by atoms with Crippen LogP contribution in [0.5, 0.6) is 0 Å². The summed E-state index contributed by atoms with van der Waals surface area (Å²) in [6, 6.07) is 10.9. The van der Waals surface area contributed by atoms with Crippen molar-refractivity contribution in [2.24, 2.45) is 5.92 Å². The van der Waals surface area contributed by atoms with Crippen molar-refractivity contribution >= 4 is 20.9 Å². The number of aromatic nitrogens is 1. The number of benzene rings is 1. The summed E-state index contributed by atoms with van der Waals surface area (Å²) < 4.78 is 27.2. The van der Waals surface area contributed by atoms with Crippen molar-refractivity contribution in [1.29, 1.82) is 5.26 Å². The van der Waals surface area contributed by atoms with E-state index in [1.54, 1.807) is 31.3 Å². The maximum Gasteiger partial charge on any atom is 0.246 e. The van der Waals surface area contributed by atoms with E-state index < -0.39 is 15.6 Å². The summed E-state index contributed by atoms with van der Waals surface area (Å²) in [4.78, 5) is 4.36. The third kappa shape index (κ3) is 2.18. The van der Waals surface area contributed by atoms with Gasteiger partial charge in [0.25, 0.3) is 0 Å². The topological polar surface area (TPSA) is 74.1 Å². The molecule has 1 unspecified atom stereocenters. The van der Waals surface area contributed by atoms with Gasteiger partial charge in [-0.2, -0.15) is 9.57 Å². The number of pyridine rings is 1. The quantitative estimate of drug-likeness (QED) is 0.869. The molecule has 1 heterocycles. The Morgan fingerprint density at radius 3 is 2.64 bits per heavy atom. The first-order chi connectivity index (χ1) is 10.4. The van der Waals surface area contributed by atoms with Crippen molar-refractivity contribution in [3.8, 4) is 6.07 Å². The number of para-hydroxylation sites is 1. The highest BCUT2D eigenvalue weighted by Crippen LogP contribution is 2.44. The van der Waals surface area contributed by atoms with Crippen LogP contribution in [0.1, 0.15) is 19.8 Å². The zero-order chi connectivity index (χ0) is 16.0. The van der Waals surface area contributed by atoms with Crippen LogP contribution in [0.25, 0.3) is 10.9 Å². The van der Waals surface area contributed by atoms with Crippen molar-refractivity contribution in [2.45, 2.75) is 30.2 Å². The molecule has 1 saturated carbocycles. The predicted molar refractivity (Wildman–Crippen MR) is 83.4 cm³/mol. The molecule has 0 spiro atoms. The van der Waals surface area contributed by atoms with Crippen molar-refractivity contribution in [3.05, 3.63) is 36.5 Å². The summed E-state index contributed by atoms with van der Waals surface area (Å²) in [7, 11) is -2.31. The van der Waals surface area contributed by atoms with Gasteiger partial charge in [0.05, 0.1) is 11.6 Å². The molecule has 1 fully saturated rings. The van der Waals surface area contributed by atoms with E-state index in [1.165, 1.54) is 11.4 Å². The first-order valence-electron chi connectivity index (χ1n) is 7.15. The lowest BCUT2D eigenvalue weighted by atomic mass is 9.99. The first-order valence-corrected chi connectivity index (χ1v) is 8.59. The molecule has 1 aliphatic rings. The van der Waals surface area contributed by atoms with E-state index in [4.69, 9.17) is 0 Å². The summed E-state index contributed by atoms with van der Waals surface area (Å²) in [5.74, 6) is 0.0974. The van der Waals surface area contributed by atoms with Gasteiger partial charge in [-0.1, -0.05) is 18.2 Å². The van der Waals surface area contributed by atoms with Gasteiger partial charge < -0.3 is 0 Å². The second-order valence-corrected chi connectivity index (χ2v) is 7.78. The van der Waals surface area contributed by atoms with Crippen molar-refractivity contribution in [1.82, 2.24) is 9.29 Å². The van der Waals surface area contributed by atoms with Crippen molar-refractivity contribution in [2.75, 3.05) is 7.05 Å². The molecule has 0 bridgehead atoms. The number of sulfonamides is 1. The number of rotatable bonds is 4. The molecule has 5 nitrogen and oxygen atoms in total. The van der Waals surface area contributed by atoms with E-state index in [-0.39, 0.29) is 10.8 Å². The Balaban J connectivity index is 2.15. The molecule has 114 valence electrons. The molecule has 0 amide bonds. The number of nitriles is 1. The maximum atomic E-state index is 13.0. The smallest absolute Gasteiger partial charge is 0.246 e. The monoisotopic (exact) mass is 315 g/mol. The van der Waals surface area contributed by atoms with Crippen LogP contribution in [-0.2, 0) is 10.0 Å². The molecule has 0 N–H and O–H groups in total. The van der Waals surface area contributed by atoms with Crippen LogP contribution < -0.4 is 0 Å². The molecule has 2 aromatic rings. The Labute approximate surface area is 130 Å². The first kappa shape index (κ1) is 14.9. The van der Waals surface area contributed by atoms with Gasteiger partial charge in [0.1, 0.15) is 10.4 Å². The molecule has 0 saturated heterocycles. The molecule has 0 radical (unpaired) electrons. The SMILES string of the molecule is CN(C(C)(C#N)C1CC1)S(=O)(=O)c1cccc2cccnc12. The Morgan fingerprint density at radius 1 is 1.32 bits per heavy atom. The average molecular weight is 315 g/mol. The predicted octanol–water partition coefficient (Wildman–Crippen LogP) is 2.55. The van der Waals surface area contributed by atoms with E-state index >= 15 is 0 Å². The van der Waals surface area contributed by atoms with Crippen LogP contribution in [-0.4, -0.2) is 30.3 Å². The Kier molecular flexibility index (Phi) is 3.42. The number of nitrogens with zero attached hydrogens (tertiary/aromatic N) is 3. The fourth-order valence-electron chi connectivity index (χ4n) is 2.75. The highest BCUT2D eigenvalue weighted by molar-refractivity contribution is 7.89. The lowest BCUT2D eigenvalue weighted by Crippen LogP contribution is -2.47. The van der Waals surface area contributed by atoms with Crippen LogP contribution in [0, 0.1) is 17.2 Å². The van der Waals surface area contributed by atoms with Crippen LogP contribution >= 0.6 is 0 Å². The van der Waals surface area contributed by atoms with E-state index in [2.05, 4.69) is 11.1 Å². The largest absolute Gasteiger partial charge is 0.255 e. The molecule has 1 aliphatic carbocycles. The van der Waals surface area contributed by atoms with Gasteiger partial charge in [-0.25, -0.2) is 8.42 Å². The molecular weight excluding hydrogens is 298 g/mol. The van der Waals surface area contributed by atoms with Gasteiger partial charge in [-0.05, 0) is 37.8 Å². The summed E-state index contributed by atoms with van der Waals surface area (Å²) in [5.41, 5.74) is -0.580. The zero-order valence-electron chi connectivity index (χ0n) is 12.5. The summed E-state index contributed by atoms with van der Waals surface area (Å²) in [6.45, 7) is 1.70. The molecule has 1 atom stereocenters. The highest BCUT2D eigenvalue weighted by Gasteiger charge is 2.49. The lowest BCUT2D eigenvalue weighted by molar-refractivity contribution is 0.277. The number of hydrogen-bond acceptors (Lipinski definition) is 4.